The van der Waals surface area contributed by atoms with E-state index in [1.165, 1.54) is 6.92 Å². The van der Waals surface area contributed by atoms with Crippen LogP contribution in [0.15, 0.2) is 0 Å². The van der Waals surface area contributed by atoms with Gasteiger partial charge in [-0.2, -0.15) is 0 Å². The number of aliphatic hydroxyl groups is 2. The van der Waals surface area contributed by atoms with E-state index in [1.807, 2.05) is 0 Å². The van der Waals surface area contributed by atoms with Crippen LogP contribution in [-0.2, 0) is 4.79 Å². The van der Waals surface area contributed by atoms with E-state index in [1.54, 1.807) is 6.92 Å². The van der Waals surface area contributed by atoms with E-state index < -0.39 is 5.60 Å². The summed E-state index contributed by atoms with van der Waals surface area (Å²) in [6, 6.07) is 0. The molecule has 3 heteroatoms. The van der Waals surface area contributed by atoms with Gasteiger partial charge in [0.05, 0.1) is 0 Å². The van der Waals surface area contributed by atoms with Crippen molar-refractivity contribution in [3.8, 4) is 11.8 Å². The largest absolute Gasteiger partial charge is 0.396 e. The molecular formula is C10H16O3. The summed E-state index contributed by atoms with van der Waals surface area (Å²) >= 11 is 0. The van der Waals surface area contributed by atoms with Crippen LogP contribution in [0.1, 0.15) is 33.1 Å². The fourth-order valence-corrected chi connectivity index (χ4v) is 0.802. The molecule has 1 unspecified atom stereocenters. The van der Waals surface area contributed by atoms with Gasteiger partial charge in [0.25, 0.3) is 0 Å². The first-order chi connectivity index (χ1) is 6.06. The van der Waals surface area contributed by atoms with Gasteiger partial charge in [0.1, 0.15) is 0 Å². The molecule has 3 nitrogen and oxygen atoms in total. The van der Waals surface area contributed by atoms with Crippen molar-refractivity contribution < 1.29 is 15.0 Å². The Bertz CT molecular complexity index is 224. The summed E-state index contributed by atoms with van der Waals surface area (Å²) in [6.45, 7) is 3.12. The van der Waals surface area contributed by atoms with Crippen LogP contribution in [0.25, 0.3) is 0 Å². The van der Waals surface area contributed by atoms with E-state index >= 15 is 0 Å². The Morgan fingerprint density at radius 1 is 1.54 bits per heavy atom. The van der Waals surface area contributed by atoms with Crippen molar-refractivity contribution in [2.45, 2.75) is 38.7 Å². The van der Waals surface area contributed by atoms with Crippen molar-refractivity contribution in [2.75, 3.05) is 6.61 Å². The molecule has 0 saturated carbocycles. The second kappa shape index (κ2) is 5.74. The highest BCUT2D eigenvalue weighted by Crippen LogP contribution is 2.09. The maximum absolute atomic E-state index is 11.0. The number of carbonyl (C=O) groups excluding carboxylic acids is 1. The molecule has 0 aliphatic heterocycles. The van der Waals surface area contributed by atoms with Crippen LogP contribution in [-0.4, -0.2) is 28.2 Å². The van der Waals surface area contributed by atoms with Crippen molar-refractivity contribution >= 4 is 5.78 Å². The van der Waals surface area contributed by atoms with Gasteiger partial charge in [-0.15, -0.1) is 0 Å². The predicted molar refractivity (Wildman–Crippen MR) is 50.0 cm³/mol. The second-order valence-corrected chi connectivity index (χ2v) is 2.90. The van der Waals surface area contributed by atoms with Crippen molar-refractivity contribution in [1.29, 1.82) is 0 Å². The normalized spacial score (nSPS) is 14.2. The molecule has 0 fully saturated rings. The van der Waals surface area contributed by atoms with Crippen molar-refractivity contribution in [3.63, 3.8) is 0 Å². The highest BCUT2D eigenvalue weighted by atomic mass is 16.3. The lowest BCUT2D eigenvalue weighted by molar-refractivity contribution is -0.130. The third kappa shape index (κ3) is 4.07. The van der Waals surface area contributed by atoms with Crippen LogP contribution in [0.2, 0.25) is 0 Å². The minimum absolute atomic E-state index is 0.0826. The van der Waals surface area contributed by atoms with Gasteiger partial charge in [-0.25, -0.2) is 0 Å². The summed E-state index contributed by atoms with van der Waals surface area (Å²) in [5, 5.41) is 18.1. The van der Waals surface area contributed by atoms with Crippen LogP contribution >= 0.6 is 0 Å². The van der Waals surface area contributed by atoms with E-state index in [2.05, 4.69) is 11.8 Å². The first-order valence-electron chi connectivity index (χ1n) is 4.41. The molecular weight excluding hydrogens is 168 g/mol. The summed E-state index contributed by atoms with van der Waals surface area (Å²) in [5.74, 6) is 4.88. The zero-order chi connectivity index (χ0) is 10.3. The number of aliphatic hydroxyl groups excluding tert-OH is 1. The molecule has 0 bridgehead atoms. The van der Waals surface area contributed by atoms with Gasteiger partial charge in [0, 0.05) is 13.0 Å². The lowest BCUT2D eigenvalue weighted by Crippen LogP contribution is -2.34. The lowest BCUT2D eigenvalue weighted by Gasteiger charge is -2.15. The zero-order valence-corrected chi connectivity index (χ0v) is 8.13. The molecule has 0 aromatic carbocycles. The number of Topliss-reactive ketones (excluding diaryl/α,β-unsaturated/α-hetero) is 1. The highest BCUT2D eigenvalue weighted by Gasteiger charge is 2.27. The van der Waals surface area contributed by atoms with E-state index in [-0.39, 0.29) is 12.4 Å². The molecule has 0 spiro atoms. The molecule has 0 aromatic heterocycles. The Hall–Kier alpha value is -0.850. The zero-order valence-electron chi connectivity index (χ0n) is 8.13. The van der Waals surface area contributed by atoms with Crippen LogP contribution < -0.4 is 0 Å². The predicted octanol–water partition coefficient (Wildman–Crippen LogP) is 0.492. The molecule has 0 radical (unpaired) electrons. The monoisotopic (exact) mass is 184 g/mol. The molecule has 1 atom stereocenters. The van der Waals surface area contributed by atoms with Gasteiger partial charge in [0.2, 0.25) is 0 Å². The van der Waals surface area contributed by atoms with E-state index in [4.69, 9.17) is 5.11 Å². The smallest absolute Gasteiger partial charge is 0.183 e. The molecule has 2 N–H and O–H groups in total. The molecule has 0 aliphatic carbocycles. The standard InChI is InChI=1S/C10H16O3/c1-3-10(13,9(2)12)7-5-4-6-8-11/h11,13H,3-4,6,8H2,1-2H3. The maximum Gasteiger partial charge on any atom is 0.183 e. The average Bonchev–Trinajstić information content (AvgIpc) is 2.12. The summed E-state index contributed by atoms with van der Waals surface area (Å²) in [6.07, 6.45) is 1.38. The van der Waals surface area contributed by atoms with Crippen molar-refractivity contribution in [1.82, 2.24) is 0 Å². The Morgan fingerprint density at radius 2 is 2.15 bits per heavy atom. The number of carbonyl (C=O) groups is 1. The van der Waals surface area contributed by atoms with Crippen LogP contribution in [0, 0.1) is 11.8 Å². The first kappa shape index (κ1) is 12.2. The van der Waals surface area contributed by atoms with Gasteiger partial charge in [-0.1, -0.05) is 18.8 Å². The average molecular weight is 184 g/mol. The summed E-state index contributed by atoms with van der Waals surface area (Å²) < 4.78 is 0. The number of hydrogen-bond donors (Lipinski definition) is 2. The lowest BCUT2D eigenvalue weighted by atomic mass is 9.97. The van der Waals surface area contributed by atoms with E-state index in [0.717, 1.165) is 0 Å². The van der Waals surface area contributed by atoms with Gasteiger partial charge < -0.3 is 10.2 Å². The molecule has 0 aromatic rings. The quantitative estimate of drug-likeness (QED) is 0.494. The number of rotatable bonds is 4. The minimum Gasteiger partial charge on any atom is -0.396 e. The van der Waals surface area contributed by atoms with Gasteiger partial charge >= 0.3 is 0 Å². The molecule has 74 valence electrons. The van der Waals surface area contributed by atoms with Gasteiger partial charge in [-0.3, -0.25) is 4.79 Å². The first-order valence-corrected chi connectivity index (χ1v) is 4.41. The maximum atomic E-state index is 11.0. The third-order valence-electron chi connectivity index (χ3n) is 1.85. The number of ketones is 1. The Balaban J connectivity index is 4.23. The van der Waals surface area contributed by atoms with Crippen molar-refractivity contribution in [3.05, 3.63) is 0 Å². The molecule has 0 amide bonds. The van der Waals surface area contributed by atoms with Crippen molar-refractivity contribution in [2.24, 2.45) is 0 Å². The van der Waals surface area contributed by atoms with Crippen LogP contribution in [0.4, 0.5) is 0 Å². The Kier molecular flexibility index (Phi) is 5.36. The molecule has 0 aliphatic rings. The fraction of sp³-hybridized carbons (Fsp3) is 0.700. The van der Waals surface area contributed by atoms with Gasteiger partial charge in [0.15, 0.2) is 11.4 Å². The second-order valence-electron chi connectivity index (χ2n) is 2.90. The van der Waals surface area contributed by atoms with Gasteiger partial charge in [-0.05, 0) is 19.8 Å². The topological polar surface area (TPSA) is 57.5 Å². The molecule has 0 rings (SSSR count). The van der Waals surface area contributed by atoms with Crippen LogP contribution in [0.5, 0.6) is 0 Å². The summed E-state index contributed by atoms with van der Waals surface area (Å²) in [5.41, 5.74) is -1.49. The number of unbranched alkanes of at least 4 members (excludes halogenated alkanes) is 1. The molecule has 0 heterocycles. The molecule has 0 saturated heterocycles. The molecule has 13 heavy (non-hydrogen) atoms. The third-order valence-corrected chi connectivity index (χ3v) is 1.85. The minimum atomic E-state index is -1.49. The summed E-state index contributed by atoms with van der Waals surface area (Å²) in [4.78, 5) is 11.0. The highest BCUT2D eigenvalue weighted by molar-refractivity contribution is 5.88. The Labute approximate surface area is 78.8 Å². The Morgan fingerprint density at radius 3 is 2.54 bits per heavy atom. The summed E-state index contributed by atoms with van der Waals surface area (Å²) in [7, 11) is 0. The van der Waals surface area contributed by atoms with E-state index in [0.29, 0.717) is 19.3 Å². The SMILES string of the molecule is CCC(O)(C#CCCCO)C(C)=O. The fourth-order valence-electron chi connectivity index (χ4n) is 0.802. The number of hydrogen-bond acceptors (Lipinski definition) is 3. The van der Waals surface area contributed by atoms with E-state index in [9.17, 15) is 9.90 Å². The van der Waals surface area contributed by atoms with Crippen LogP contribution in [0.3, 0.4) is 0 Å².